The molecule has 0 fully saturated rings. The van der Waals surface area contributed by atoms with Gasteiger partial charge in [0.2, 0.25) is 5.95 Å². The first kappa shape index (κ1) is 10.7. The van der Waals surface area contributed by atoms with Crippen LogP contribution in [-0.2, 0) is 6.54 Å². The molecule has 0 unspecified atom stereocenters. The molecule has 0 saturated carbocycles. The first-order valence-electron chi connectivity index (χ1n) is 5.72. The van der Waals surface area contributed by atoms with Crippen molar-refractivity contribution in [2.24, 2.45) is 0 Å². The lowest BCUT2D eigenvalue weighted by Gasteiger charge is -2.00. The molecule has 0 aromatic carbocycles. The molecule has 0 bridgehead atoms. The van der Waals surface area contributed by atoms with Gasteiger partial charge in [0.1, 0.15) is 0 Å². The number of hydrogen-bond donors (Lipinski definition) is 1. The summed E-state index contributed by atoms with van der Waals surface area (Å²) in [6.45, 7) is 3.47. The van der Waals surface area contributed by atoms with Crippen LogP contribution in [0.2, 0.25) is 0 Å². The quantitative estimate of drug-likeness (QED) is 0.731. The third-order valence-corrected chi connectivity index (χ3v) is 2.57. The van der Waals surface area contributed by atoms with Crippen molar-refractivity contribution in [2.75, 3.05) is 11.9 Å². The van der Waals surface area contributed by atoms with Crippen LogP contribution in [0.3, 0.4) is 0 Å². The van der Waals surface area contributed by atoms with Gasteiger partial charge in [0.05, 0.1) is 12.7 Å². The first-order chi connectivity index (χ1) is 8.81. The van der Waals surface area contributed by atoms with Crippen molar-refractivity contribution in [3.63, 3.8) is 0 Å². The lowest BCUT2D eigenvalue weighted by Crippen LogP contribution is -2.11. The van der Waals surface area contributed by atoms with Crippen LogP contribution in [0.4, 0.5) is 5.95 Å². The van der Waals surface area contributed by atoms with Gasteiger partial charge in [-0.2, -0.15) is 4.98 Å². The summed E-state index contributed by atoms with van der Waals surface area (Å²) >= 11 is 0. The second-order valence-electron chi connectivity index (χ2n) is 4.04. The maximum absolute atomic E-state index is 4.37. The third-order valence-electron chi connectivity index (χ3n) is 2.57. The lowest BCUT2D eigenvalue weighted by atomic mass is 10.3. The Balaban J connectivity index is 1.67. The smallest absolute Gasteiger partial charge is 0.243 e. The Labute approximate surface area is 103 Å². The van der Waals surface area contributed by atoms with Gasteiger partial charge < -0.3 is 5.32 Å². The highest BCUT2D eigenvalue weighted by molar-refractivity contribution is 5.43. The number of rotatable bonds is 4. The highest BCUT2D eigenvalue weighted by atomic mass is 15.4. The summed E-state index contributed by atoms with van der Waals surface area (Å²) in [6, 6.07) is 3.97. The predicted octanol–water partition coefficient (Wildman–Crippen LogP) is 0.741. The van der Waals surface area contributed by atoms with Gasteiger partial charge in [-0.15, -0.1) is 10.2 Å². The highest BCUT2D eigenvalue weighted by Gasteiger charge is 2.02. The van der Waals surface area contributed by atoms with Crippen LogP contribution in [-0.4, -0.2) is 36.1 Å². The minimum absolute atomic E-state index is 0.626. The summed E-state index contributed by atoms with van der Waals surface area (Å²) in [4.78, 5) is 4.37. The molecule has 0 amide bonds. The topological polar surface area (TPSA) is 72.9 Å². The van der Waals surface area contributed by atoms with Gasteiger partial charge in [0, 0.05) is 18.9 Å². The summed E-state index contributed by atoms with van der Waals surface area (Å²) in [5, 5.41) is 15.1. The number of aryl methyl sites for hydroxylation is 1. The van der Waals surface area contributed by atoms with E-state index in [-0.39, 0.29) is 0 Å². The van der Waals surface area contributed by atoms with Crippen molar-refractivity contribution >= 4 is 11.6 Å². The van der Waals surface area contributed by atoms with Crippen molar-refractivity contribution < 1.29 is 0 Å². The zero-order valence-electron chi connectivity index (χ0n) is 9.98. The van der Waals surface area contributed by atoms with Gasteiger partial charge in [0.25, 0.3) is 0 Å². The molecule has 0 atom stereocenters. The van der Waals surface area contributed by atoms with Gasteiger partial charge >= 0.3 is 0 Å². The van der Waals surface area contributed by atoms with Crippen LogP contribution < -0.4 is 5.32 Å². The molecule has 7 heteroatoms. The highest BCUT2D eigenvalue weighted by Crippen LogP contribution is 2.06. The van der Waals surface area contributed by atoms with E-state index in [9.17, 15) is 0 Å². The van der Waals surface area contributed by atoms with E-state index < -0.39 is 0 Å². The molecule has 18 heavy (non-hydrogen) atoms. The van der Waals surface area contributed by atoms with E-state index in [0.29, 0.717) is 12.5 Å². The SMILES string of the molecule is Cc1ccc2nc(NCCn3ccnn3)nn2c1. The molecule has 92 valence electrons. The van der Waals surface area contributed by atoms with E-state index in [2.05, 4.69) is 25.7 Å². The van der Waals surface area contributed by atoms with Gasteiger partial charge in [0.15, 0.2) is 5.65 Å². The summed E-state index contributed by atoms with van der Waals surface area (Å²) in [5.74, 6) is 0.626. The van der Waals surface area contributed by atoms with E-state index in [1.807, 2.05) is 31.5 Å². The largest absolute Gasteiger partial charge is 0.351 e. The fourth-order valence-electron chi connectivity index (χ4n) is 1.70. The number of nitrogens with zero attached hydrogens (tertiary/aromatic N) is 6. The Morgan fingerprint density at radius 1 is 1.33 bits per heavy atom. The van der Waals surface area contributed by atoms with Crippen LogP contribution in [0.5, 0.6) is 0 Å². The number of nitrogens with one attached hydrogen (secondary N) is 1. The monoisotopic (exact) mass is 243 g/mol. The molecule has 3 aromatic rings. The van der Waals surface area contributed by atoms with Crippen LogP contribution in [0.15, 0.2) is 30.7 Å². The second-order valence-corrected chi connectivity index (χ2v) is 4.04. The van der Waals surface area contributed by atoms with Crippen molar-refractivity contribution in [1.29, 1.82) is 0 Å². The average molecular weight is 243 g/mol. The molecule has 3 rings (SSSR count). The zero-order valence-corrected chi connectivity index (χ0v) is 9.98. The van der Waals surface area contributed by atoms with Crippen LogP contribution in [0.1, 0.15) is 5.56 Å². The van der Waals surface area contributed by atoms with E-state index in [0.717, 1.165) is 17.8 Å². The number of hydrogen-bond acceptors (Lipinski definition) is 5. The van der Waals surface area contributed by atoms with E-state index in [1.165, 1.54) is 0 Å². The molecular weight excluding hydrogens is 230 g/mol. The number of pyridine rings is 1. The average Bonchev–Trinajstić information content (AvgIpc) is 2.97. The van der Waals surface area contributed by atoms with Gasteiger partial charge in [-0.25, -0.2) is 4.52 Å². The molecule has 0 aliphatic heterocycles. The minimum Gasteiger partial charge on any atom is -0.351 e. The van der Waals surface area contributed by atoms with Crippen molar-refractivity contribution in [2.45, 2.75) is 13.5 Å². The molecule has 3 aromatic heterocycles. The molecule has 3 heterocycles. The Bertz CT molecular complexity index is 641. The van der Waals surface area contributed by atoms with E-state index >= 15 is 0 Å². The number of aromatic nitrogens is 6. The molecule has 0 aliphatic carbocycles. The fraction of sp³-hybridized carbons (Fsp3) is 0.273. The van der Waals surface area contributed by atoms with Crippen LogP contribution in [0, 0.1) is 6.92 Å². The first-order valence-corrected chi connectivity index (χ1v) is 5.72. The Morgan fingerprint density at radius 2 is 2.28 bits per heavy atom. The summed E-state index contributed by atoms with van der Waals surface area (Å²) in [6.07, 6.45) is 5.43. The van der Waals surface area contributed by atoms with Crippen molar-refractivity contribution in [3.8, 4) is 0 Å². The Hall–Kier alpha value is -2.44. The van der Waals surface area contributed by atoms with Crippen molar-refractivity contribution in [1.82, 2.24) is 29.6 Å². The summed E-state index contributed by atoms with van der Waals surface area (Å²) < 4.78 is 3.53. The van der Waals surface area contributed by atoms with Gasteiger partial charge in [-0.1, -0.05) is 11.3 Å². The predicted molar refractivity (Wildman–Crippen MR) is 66.2 cm³/mol. The Morgan fingerprint density at radius 3 is 3.11 bits per heavy atom. The van der Waals surface area contributed by atoms with Crippen molar-refractivity contribution in [3.05, 3.63) is 36.3 Å². The zero-order chi connectivity index (χ0) is 12.4. The van der Waals surface area contributed by atoms with Crippen LogP contribution in [0.25, 0.3) is 5.65 Å². The molecular formula is C11H13N7. The molecule has 0 radical (unpaired) electrons. The maximum Gasteiger partial charge on any atom is 0.243 e. The molecule has 0 saturated heterocycles. The number of anilines is 1. The lowest BCUT2D eigenvalue weighted by molar-refractivity contribution is 0.607. The molecule has 1 N–H and O–H groups in total. The van der Waals surface area contributed by atoms with Crippen LogP contribution >= 0.6 is 0 Å². The second kappa shape index (κ2) is 4.44. The normalized spacial score (nSPS) is 10.9. The summed E-state index contributed by atoms with van der Waals surface area (Å²) in [5.41, 5.74) is 1.99. The maximum atomic E-state index is 4.37. The number of fused-ring (bicyclic) bond motifs is 1. The molecule has 7 nitrogen and oxygen atoms in total. The third kappa shape index (κ3) is 2.15. The minimum atomic E-state index is 0.626. The summed E-state index contributed by atoms with van der Waals surface area (Å²) in [7, 11) is 0. The molecule has 0 aliphatic rings. The van der Waals surface area contributed by atoms with Gasteiger partial charge in [-0.05, 0) is 18.6 Å². The molecule has 0 spiro atoms. The van der Waals surface area contributed by atoms with E-state index in [4.69, 9.17) is 0 Å². The standard InChI is InChI=1S/C11H13N7/c1-9-2-3-10-14-11(15-18(10)8-9)12-4-6-17-7-5-13-16-17/h2-3,5,7-8H,4,6H2,1H3,(H,12,15). The fourth-order valence-corrected chi connectivity index (χ4v) is 1.70. The van der Waals surface area contributed by atoms with Gasteiger partial charge in [-0.3, -0.25) is 4.68 Å². The van der Waals surface area contributed by atoms with E-state index in [1.54, 1.807) is 15.4 Å². The Kier molecular flexibility index (Phi) is 2.64.